The van der Waals surface area contributed by atoms with E-state index in [-0.39, 0.29) is 5.91 Å². The Labute approximate surface area is 131 Å². The molecule has 0 spiro atoms. The molecule has 0 aliphatic carbocycles. The molecule has 0 unspecified atom stereocenters. The maximum Gasteiger partial charge on any atom is 0.270 e. The lowest BCUT2D eigenvalue weighted by Crippen LogP contribution is -2.24. The molecular weight excluding hydrogens is 332 g/mol. The quantitative estimate of drug-likeness (QED) is 0.929. The highest BCUT2D eigenvalue weighted by Crippen LogP contribution is 2.32. The number of hydrogen-bond acceptors (Lipinski definition) is 3. The molecule has 0 atom stereocenters. The highest BCUT2D eigenvalue weighted by atomic mass is 79.9. The standard InChI is InChI=1S/C16H15BrN2O2/c1-10-3-2-5-18-14(10)16(20)19-9-12-8-13(17)7-11-4-6-21-15(11)12/h2-3,5,7-8H,4,6,9H2,1H3,(H,19,20). The number of pyridine rings is 1. The van der Waals surface area contributed by atoms with Crippen LogP contribution in [0.25, 0.3) is 0 Å². The summed E-state index contributed by atoms with van der Waals surface area (Å²) in [5.41, 5.74) is 3.50. The SMILES string of the molecule is Cc1cccnc1C(=O)NCc1cc(Br)cc2c1OCC2. The summed E-state index contributed by atoms with van der Waals surface area (Å²) < 4.78 is 6.66. The third kappa shape index (κ3) is 2.93. The van der Waals surface area contributed by atoms with Gasteiger partial charge in [-0.05, 0) is 36.2 Å². The van der Waals surface area contributed by atoms with Crippen molar-refractivity contribution in [1.29, 1.82) is 0 Å². The number of carbonyl (C=O) groups excluding carboxylic acids is 1. The molecule has 0 saturated carbocycles. The molecule has 1 N–H and O–H groups in total. The number of rotatable bonds is 3. The summed E-state index contributed by atoms with van der Waals surface area (Å²) in [5.74, 6) is 0.732. The molecule has 3 rings (SSSR count). The van der Waals surface area contributed by atoms with Gasteiger partial charge in [0.1, 0.15) is 11.4 Å². The van der Waals surface area contributed by atoms with Crippen LogP contribution < -0.4 is 10.1 Å². The van der Waals surface area contributed by atoms with E-state index < -0.39 is 0 Å². The Morgan fingerprint density at radius 1 is 1.48 bits per heavy atom. The van der Waals surface area contributed by atoms with Crippen molar-refractivity contribution in [2.24, 2.45) is 0 Å². The molecule has 108 valence electrons. The molecule has 0 bridgehead atoms. The molecule has 21 heavy (non-hydrogen) atoms. The normalized spacial score (nSPS) is 12.7. The van der Waals surface area contributed by atoms with Crippen LogP contribution >= 0.6 is 15.9 Å². The highest BCUT2D eigenvalue weighted by molar-refractivity contribution is 9.10. The summed E-state index contributed by atoms with van der Waals surface area (Å²) in [6.07, 6.45) is 2.54. The van der Waals surface area contributed by atoms with Crippen LogP contribution in [0.5, 0.6) is 5.75 Å². The molecule has 2 heterocycles. The van der Waals surface area contributed by atoms with E-state index in [4.69, 9.17) is 4.74 Å². The Morgan fingerprint density at radius 3 is 3.14 bits per heavy atom. The molecule has 0 radical (unpaired) electrons. The summed E-state index contributed by atoms with van der Waals surface area (Å²) in [6.45, 7) is 3.00. The number of carbonyl (C=O) groups is 1. The van der Waals surface area contributed by atoms with E-state index in [0.29, 0.717) is 18.8 Å². The average molecular weight is 347 g/mol. The van der Waals surface area contributed by atoms with Crippen LogP contribution in [0.2, 0.25) is 0 Å². The molecule has 5 heteroatoms. The number of ether oxygens (including phenoxy) is 1. The number of aryl methyl sites for hydroxylation is 1. The van der Waals surface area contributed by atoms with Gasteiger partial charge in [-0.2, -0.15) is 0 Å². The first-order valence-electron chi connectivity index (χ1n) is 6.79. The molecule has 1 amide bonds. The molecule has 1 aromatic carbocycles. The molecular formula is C16H15BrN2O2. The smallest absolute Gasteiger partial charge is 0.270 e. The average Bonchev–Trinajstić information content (AvgIpc) is 2.93. The Bertz CT molecular complexity index is 701. The summed E-state index contributed by atoms with van der Waals surface area (Å²) >= 11 is 3.50. The first-order valence-corrected chi connectivity index (χ1v) is 7.58. The number of halogens is 1. The monoisotopic (exact) mass is 346 g/mol. The van der Waals surface area contributed by atoms with E-state index in [9.17, 15) is 4.79 Å². The fourth-order valence-electron chi connectivity index (χ4n) is 2.46. The van der Waals surface area contributed by atoms with Crippen molar-refractivity contribution in [3.05, 3.63) is 57.3 Å². The summed E-state index contributed by atoms with van der Waals surface area (Å²) in [4.78, 5) is 16.3. The zero-order valence-electron chi connectivity index (χ0n) is 11.6. The number of aromatic nitrogens is 1. The van der Waals surface area contributed by atoms with Gasteiger partial charge >= 0.3 is 0 Å². The topological polar surface area (TPSA) is 51.2 Å². The highest BCUT2D eigenvalue weighted by Gasteiger charge is 2.18. The third-order valence-corrected chi connectivity index (χ3v) is 3.95. The van der Waals surface area contributed by atoms with E-state index in [1.807, 2.05) is 25.1 Å². The molecule has 0 saturated heterocycles. The van der Waals surface area contributed by atoms with Crippen molar-refractivity contribution in [2.75, 3.05) is 6.61 Å². The van der Waals surface area contributed by atoms with E-state index in [1.165, 1.54) is 5.56 Å². The number of fused-ring (bicyclic) bond motifs is 1. The Balaban J connectivity index is 1.77. The van der Waals surface area contributed by atoms with E-state index >= 15 is 0 Å². The summed E-state index contributed by atoms with van der Waals surface area (Å²) in [6, 6.07) is 7.75. The van der Waals surface area contributed by atoms with E-state index in [0.717, 1.165) is 27.8 Å². The number of nitrogens with one attached hydrogen (secondary N) is 1. The van der Waals surface area contributed by atoms with Crippen molar-refractivity contribution < 1.29 is 9.53 Å². The minimum absolute atomic E-state index is 0.167. The maximum atomic E-state index is 12.2. The van der Waals surface area contributed by atoms with Crippen molar-refractivity contribution in [3.8, 4) is 5.75 Å². The fourth-order valence-corrected chi connectivity index (χ4v) is 3.01. The van der Waals surface area contributed by atoms with Gasteiger partial charge < -0.3 is 10.1 Å². The first-order chi connectivity index (χ1) is 10.1. The molecule has 1 aliphatic heterocycles. The minimum atomic E-state index is -0.167. The number of amides is 1. The minimum Gasteiger partial charge on any atom is -0.493 e. The van der Waals surface area contributed by atoms with Crippen molar-refractivity contribution in [3.63, 3.8) is 0 Å². The predicted molar refractivity (Wildman–Crippen MR) is 83.5 cm³/mol. The van der Waals surface area contributed by atoms with Crippen LogP contribution in [0.3, 0.4) is 0 Å². The van der Waals surface area contributed by atoms with Crippen LogP contribution in [-0.4, -0.2) is 17.5 Å². The van der Waals surface area contributed by atoms with Gasteiger partial charge in [-0.15, -0.1) is 0 Å². The molecule has 1 aliphatic rings. The van der Waals surface area contributed by atoms with Gasteiger partial charge in [0.15, 0.2) is 0 Å². The molecule has 1 aromatic heterocycles. The van der Waals surface area contributed by atoms with Crippen LogP contribution in [0, 0.1) is 6.92 Å². The van der Waals surface area contributed by atoms with Crippen LogP contribution in [0.15, 0.2) is 34.9 Å². The number of nitrogens with zero attached hydrogens (tertiary/aromatic N) is 1. The molecule has 4 nitrogen and oxygen atoms in total. The number of benzene rings is 1. The van der Waals surface area contributed by atoms with Crippen molar-refractivity contribution in [1.82, 2.24) is 10.3 Å². The Kier molecular flexibility index (Phi) is 3.92. The second-order valence-electron chi connectivity index (χ2n) is 5.00. The lowest BCUT2D eigenvalue weighted by Gasteiger charge is -2.11. The Morgan fingerprint density at radius 2 is 2.33 bits per heavy atom. The van der Waals surface area contributed by atoms with Gasteiger partial charge in [0.25, 0.3) is 5.91 Å². The van der Waals surface area contributed by atoms with Crippen molar-refractivity contribution >= 4 is 21.8 Å². The van der Waals surface area contributed by atoms with Gasteiger partial charge in [0.2, 0.25) is 0 Å². The lowest BCUT2D eigenvalue weighted by atomic mass is 10.1. The number of hydrogen-bond donors (Lipinski definition) is 1. The van der Waals surface area contributed by atoms with Gasteiger partial charge in [-0.25, -0.2) is 0 Å². The predicted octanol–water partition coefficient (Wildman–Crippen LogP) is 3.02. The second kappa shape index (κ2) is 5.85. The van der Waals surface area contributed by atoms with E-state index in [1.54, 1.807) is 6.20 Å². The van der Waals surface area contributed by atoms with Crippen LogP contribution in [0.4, 0.5) is 0 Å². The van der Waals surface area contributed by atoms with Gasteiger partial charge in [0, 0.05) is 29.2 Å². The zero-order valence-corrected chi connectivity index (χ0v) is 13.2. The summed E-state index contributed by atoms with van der Waals surface area (Å²) in [7, 11) is 0. The largest absolute Gasteiger partial charge is 0.493 e. The van der Waals surface area contributed by atoms with Gasteiger partial charge in [-0.3, -0.25) is 9.78 Å². The van der Waals surface area contributed by atoms with Crippen LogP contribution in [-0.2, 0) is 13.0 Å². The lowest BCUT2D eigenvalue weighted by molar-refractivity contribution is 0.0945. The second-order valence-corrected chi connectivity index (χ2v) is 5.92. The van der Waals surface area contributed by atoms with Gasteiger partial charge in [-0.1, -0.05) is 22.0 Å². The fraction of sp³-hybridized carbons (Fsp3) is 0.250. The first kappa shape index (κ1) is 14.1. The van der Waals surface area contributed by atoms with Crippen molar-refractivity contribution in [2.45, 2.75) is 19.9 Å². The third-order valence-electron chi connectivity index (χ3n) is 3.49. The zero-order chi connectivity index (χ0) is 14.8. The molecule has 0 fully saturated rings. The molecule has 2 aromatic rings. The summed E-state index contributed by atoms with van der Waals surface area (Å²) in [5, 5.41) is 2.91. The maximum absolute atomic E-state index is 12.2. The Hall–Kier alpha value is -1.88. The van der Waals surface area contributed by atoms with Crippen LogP contribution in [0.1, 0.15) is 27.2 Å². The van der Waals surface area contributed by atoms with E-state index in [2.05, 4.69) is 32.3 Å². The van der Waals surface area contributed by atoms with Gasteiger partial charge in [0.05, 0.1) is 6.61 Å².